The Balaban J connectivity index is 2.38. The van der Waals surface area contributed by atoms with Gasteiger partial charge in [0.2, 0.25) is 15.9 Å². The summed E-state index contributed by atoms with van der Waals surface area (Å²) in [6.07, 6.45) is 0.0994. The smallest absolute Gasteiger partial charge is 0.246 e. The van der Waals surface area contributed by atoms with Gasteiger partial charge in [0.15, 0.2) is 4.90 Å². The van der Waals surface area contributed by atoms with Crippen LogP contribution in [-0.2, 0) is 19.6 Å². The van der Waals surface area contributed by atoms with Crippen LogP contribution >= 0.6 is 0 Å². The number of sulfonamides is 1. The van der Waals surface area contributed by atoms with Gasteiger partial charge in [-0.25, -0.2) is 21.9 Å². The number of halogens is 2. The molecule has 2 rings (SSSR count). The van der Waals surface area contributed by atoms with Crippen molar-refractivity contribution in [2.75, 3.05) is 13.2 Å². The summed E-state index contributed by atoms with van der Waals surface area (Å²) >= 11 is 0. The quantitative estimate of drug-likeness (QED) is 0.827. The van der Waals surface area contributed by atoms with E-state index in [0.29, 0.717) is 0 Å². The van der Waals surface area contributed by atoms with Gasteiger partial charge in [0.1, 0.15) is 11.6 Å². The molecule has 1 aromatic rings. The minimum Gasteiger partial charge on any atom is -0.381 e. The van der Waals surface area contributed by atoms with Gasteiger partial charge in [-0.2, -0.15) is 0 Å². The molecule has 0 spiro atoms. The normalized spacial score (nSPS) is 18.1. The third-order valence-electron chi connectivity index (χ3n) is 3.50. The summed E-state index contributed by atoms with van der Waals surface area (Å²) in [5.41, 5.74) is 3.97. The third kappa shape index (κ3) is 3.60. The van der Waals surface area contributed by atoms with Crippen molar-refractivity contribution in [1.29, 1.82) is 0 Å². The van der Waals surface area contributed by atoms with Gasteiger partial charge in [0.05, 0.1) is 0 Å². The fourth-order valence-electron chi connectivity index (χ4n) is 2.49. The number of nitrogens with one attached hydrogen (secondary N) is 1. The lowest BCUT2D eigenvalue weighted by atomic mass is 9.88. The summed E-state index contributed by atoms with van der Waals surface area (Å²) in [4.78, 5) is 10.2. The first-order valence-corrected chi connectivity index (χ1v) is 8.08. The molecule has 1 aliphatic rings. The summed E-state index contributed by atoms with van der Waals surface area (Å²) in [5.74, 6) is -3.11. The fourth-order valence-corrected chi connectivity index (χ4v) is 4.08. The lowest BCUT2D eigenvalue weighted by molar-refractivity contribution is -0.120. The molecule has 1 aromatic carbocycles. The van der Waals surface area contributed by atoms with Crippen molar-refractivity contribution in [3.63, 3.8) is 0 Å². The van der Waals surface area contributed by atoms with Crippen molar-refractivity contribution in [1.82, 2.24) is 4.72 Å². The van der Waals surface area contributed by atoms with Crippen molar-refractivity contribution in [3.05, 3.63) is 29.8 Å². The lowest BCUT2D eigenvalue weighted by Crippen LogP contribution is -2.54. The zero-order chi connectivity index (χ0) is 16.4. The third-order valence-corrected chi connectivity index (χ3v) is 5.13. The van der Waals surface area contributed by atoms with Gasteiger partial charge in [0, 0.05) is 25.2 Å². The number of primary amides is 1. The molecular formula is C13H16F2N2O4S. The molecule has 6 nitrogen and oxygen atoms in total. The van der Waals surface area contributed by atoms with Crippen LogP contribution in [0.4, 0.5) is 8.78 Å². The standard InChI is InChI=1S/C13H16F2N2O4S/c14-9-2-1-3-10(15)12(9)22(19,20)17-13(8-11(16)18)4-6-21-7-5-13/h1-3,17H,4-8H2,(H2,16,18). The van der Waals surface area contributed by atoms with Crippen LogP contribution in [0.2, 0.25) is 0 Å². The van der Waals surface area contributed by atoms with E-state index in [-0.39, 0.29) is 32.5 Å². The van der Waals surface area contributed by atoms with Gasteiger partial charge in [0.25, 0.3) is 0 Å². The Kier molecular flexibility index (Phi) is 4.78. The van der Waals surface area contributed by atoms with Gasteiger partial charge in [-0.15, -0.1) is 0 Å². The van der Waals surface area contributed by atoms with Crippen molar-refractivity contribution < 1.29 is 26.7 Å². The van der Waals surface area contributed by atoms with Crippen LogP contribution in [0.15, 0.2) is 23.1 Å². The first kappa shape index (κ1) is 16.8. The van der Waals surface area contributed by atoms with Crippen LogP contribution in [0.1, 0.15) is 19.3 Å². The zero-order valence-corrected chi connectivity index (χ0v) is 12.5. The maximum Gasteiger partial charge on any atom is 0.246 e. The Labute approximate surface area is 126 Å². The maximum atomic E-state index is 13.7. The predicted molar refractivity (Wildman–Crippen MR) is 73.3 cm³/mol. The average Bonchev–Trinajstić information content (AvgIpc) is 2.37. The van der Waals surface area contributed by atoms with Gasteiger partial charge in [-0.1, -0.05) is 6.07 Å². The Hall–Kier alpha value is -1.58. The molecular weight excluding hydrogens is 318 g/mol. The number of hydrogen-bond acceptors (Lipinski definition) is 4. The minimum atomic E-state index is -4.49. The van der Waals surface area contributed by atoms with E-state index in [1.54, 1.807) is 0 Å². The van der Waals surface area contributed by atoms with Crippen molar-refractivity contribution in [2.45, 2.75) is 29.7 Å². The summed E-state index contributed by atoms with van der Waals surface area (Å²) < 4.78 is 59.5. The van der Waals surface area contributed by atoms with Crippen LogP contribution < -0.4 is 10.5 Å². The van der Waals surface area contributed by atoms with Crippen LogP contribution in [0.5, 0.6) is 0 Å². The van der Waals surface area contributed by atoms with E-state index >= 15 is 0 Å². The predicted octanol–water partition coefficient (Wildman–Crippen LogP) is 0.668. The lowest BCUT2D eigenvalue weighted by Gasteiger charge is -2.36. The second kappa shape index (κ2) is 6.27. The second-order valence-corrected chi connectivity index (χ2v) is 6.81. The molecule has 122 valence electrons. The largest absolute Gasteiger partial charge is 0.381 e. The summed E-state index contributed by atoms with van der Waals surface area (Å²) in [5, 5.41) is 0. The molecule has 3 N–H and O–H groups in total. The molecule has 0 atom stereocenters. The highest BCUT2D eigenvalue weighted by atomic mass is 32.2. The number of benzene rings is 1. The van der Waals surface area contributed by atoms with Crippen LogP contribution in [-0.4, -0.2) is 33.1 Å². The summed E-state index contributed by atoms with van der Waals surface area (Å²) in [6.45, 7) is 0.436. The number of rotatable bonds is 5. The number of carbonyl (C=O) groups excluding carboxylic acids is 1. The monoisotopic (exact) mass is 334 g/mol. The van der Waals surface area contributed by atoms with E-state index in [4.69, 9.17) is 10.5 Å². The van der Waals surface area contributed by atoms with Gasteiger partial charge >= 0.3 is 0 Å². The summed E-state index contributed by atoms with van der Waals surface area (Å²) in [6, 6.07) is 2.77. The van der Waals surface area contributed by atoms with Gasteiger partial charge in [-0.05, 0) is 25.0 Å². The van der Waals surface area contributed by atoms with Gasteiger partial charge in [-0.3, -0.25) is 4.79 Å². The van der Waals surface area contributed by atoms with E-state index in [0.717, 1.165) is 18.2 Å². The molecule has 0 unspecified atom stereocenters. The summed E-state index contributed by atoms with van der Waals surface area (Å²) in [7, 11) is -4.49. The number of carbonyl (C=O) groups is 1. The average molecular weight is 334 g/mol. The minimum absolute atomic E-state index is 0.186. The molecule has 1 amide bonds. The Morgan fingerprint density at radius 3 is 2.32 bits per heavy atom. The van der Waals surface area contributed by atoms with Crippen LogP contribution in [0.25, 0.3) is 0 Å². The first-order valence-electron chi connectivity index (χ1n) is 6.60. The highest BCUT2D eigenvalue weighted by molar-refractivity contribution is 7.89. The van der Waals surface area contributed by atoms with E-state index in [2.05, 4.69) is 4.72 Å². The topological polar surface area (TPSA) is 98.5 Å². The van der Waals surface area contributed by atoms with Crippen molar-refractivity contribution in [3.8, 4) is 0 Å². The SMILES string of the molecule is NC(=O)CC1(NS(=O)(=O)c2c(F)cccc2F)CCOCC1. The fraction of sp³-hybridized carbons (Fsp3) is 0.462. The van der Waals surface area contributed by atoms with E-state index in [1.807, 2.05) is 0 Å². The van der Waals surface area contributed by atoms with Crippen LogP contribution in [0, 0.1) is 11.6 Å². The number of ether oxygens (including phenoxy) is 1. The molecule has 0 aromatic heterocycles. The molecule has 0 bridgehead atoms. The molecule has 1 aliphatic heterocycles. The van der Waals surface area contributed by atoms with E-state index in [1.165, 1.54) is 0 Å². The van der Waals surface area contributed by atoms with Gasteiger partial charge < -0.3 is 10.5 Å². The zero-order valence-electron chi connectivity index (χ0n) is 11.6. The second-order valence-electron chi connectivity index (χ2n) is 5.19. The van der Waals surface area contributed by atoms with Crippen molar-refractivity contribution >= 4 is 15.9 Å². The highest BCUT2D eigenvalue weighted by Crippen LogP contribution is 2.28. The van der Waals surface area contributed by atoms with Crippen LogP contribution in [0.3, 0.4) is 0 Å². The highest BCUT2D eigenvalue weighted by Gasteiger charge is 2.40. The van der Waals surface area contributed by atoms with E-state index < -0.39 is 38.0 Å². The number of amides is 1. The molecule has 0 saturated carbocycles. The molecule has 0 aliphatic carbocycles. The molecule has 22 heavy (non-hydrogen) atoms. The molecule has 0 radical (unpaired) electrons. The molecule has 1 saturated heterocycles. The van der Waals surface area contributed by atoms with E-state index in [9.17, 15) is 22.0 Å². The Morgan fingerprint density at radius 2 is 1.82 bits per heavy atom. The molecule has 9 heteroatoms. The molecule has 1 heterocycles. The molecule has 1 fully saturated rings. The Morgan fingerprint density at radius 1 is 1.27 bits per heavy atom. The number of hydrogen-bond donors (Lipinski definition) is 2. The first-order chi connectivity index (χ1) is 10.3. The maximum absolute atomic E-state index is 13.7. The Bertz CT molecular complexity index is 652. The van der Waals surface area contributed by atoms with Crippen molar-refractivity contribution in [2.24, 2.45) is 5.73 Å². The number of nitrogens with two attached hydrogens (primary N) is 1.